The van der Waals surface area contributed by atoms with Crippen LogP contribution in [0.1, 0.15) is 181 Å². The van der Waals surface area contributed by atoms with Gasteiger partial charge >= 0.3 is 19.8 Å². The molecule has 0 aliphatic rings. The van der Waals surface area contributed by atoms with Crippen molar-refractivity contribution in [1.82, 2.24) is 0 Å². The Balaban J connectivity index is 4.16. The minimum Gasteiger partial charge on any atom is -0.462 e. The molecule has 0 aliphatic carbocycles. The Hall–Kier alpha value is -2.81. The summed E-state index contributed by atoms with van der Waals surface area (Å²) in [4.78, 5) is 34.9. The van der Waals surface area contributed by atoms with Crippen molar-refractivity contribution in [2.24, 2.45) is 5.73 Å². The van der Waals surface area contributed by atoms with Crippen LogP contribution in [0.15, 0.2) is 85.1 Å². The lowest BCUT2D eigenvalue weighted by Gasteiger charge is -2.19. The maximum atomic E-state index is 12.6. The van der Waals surface area contributed by atoms with E-state index in [0.29, 0.717) is 12.8 Å². The van der Waals surface area contributed by atoms with Gasteiger partial charge in [-0.3, -0.25) is 18.6 Å². The van der Waals surface area contributed by atoms with Crippen LogP contribution < -0.4 is 5.73 Å². The van der Waals surface area contributed by atoms with Crippen LogP contribution >= 0.6 is 7.82 Å². The number of hydrogen-bond donors (Lipinski definition) is 2. The fourth-order valence-corrected chi connectivity index (χ4v) is 6.63. The van der Waals surface area contributed by atoms with Crippen LogP contribution in [-0.2, 0) is 32.7 Å². The number of phosphoric acid groups is 1. The first-order chi connectivity index (χ1) is 28.8. The zero-order valence-corrected chi connectivity index (χ0v) is 38.1. The van der Waals surface area contributed by atoms with Crippen molar-refractivity contribution in [2.45, 2.75) is 187 Å². The Morgan fingerprint density at radius 2 is 0.932 bits per heavy atom. The summed E-state index contributed by atoms with van der Waals surface area (Å²) in [7, 11) is -4.39. The molecule has 338 valence electrons. The van der Waals surface area contributed by atoms with E-state index in [0.717, 1.165) is 109 Å². The maximum Gasteiger partial charge on any atom is 0.472 e. The molecule has 2 unspecified atom stereocenters. The summed E-state index contributed by atoms with van der Waals surface area (Å²) in [5.74, 6) is -0.862. The Morgan fingerprint density at radius 1 is 0.525 bits per heavy atom. The molecule has 0 saturated heterocycles. The number of hydrogen-bond acceptors (Lipinski definition) is 8. The summed E-state index contributed by atoms with van der Waals surface area (Å²) in [6.45, 7) is 3.56. The van der Waals surface area contributed by atoms with Crippen LogP contribution in [0, 0.1) is 0 Å². The zero-order chi connectivity index (χ0) is 43.2. The summed E-state index contributed by atoms with van der Waals surface area (Å²) in [6.07, 6.45) is 56.1. The zero-order valence-electron chi connectivity index (χ0n) is 37.2. The summed E-state index contributed by atoms with van der Waals surface area (Å²) in [5, 5.41) is 0. The molecule has 0 spiro atoms. The van der Waals surface area contributed by atoms with Gasteiger partial charge in [0.05, 0.1) is 13.2 Å². The van der Waals surface area contributed by atoms with Gasteiger partial charge in [-0.1, -0.05) is 163 Å². The molecule has 0 aromatic heterocycles. The van der Waals surface area contributed by atoms with Gasteiger partial charge < -0.3 is 20.1 Å². The molecule has 0 radical (unpaired) electrons. The predicted molar refractivity (Wildman–Crippen MR) is 247 cm³/mol. The van der Waals surface area contributed by atoms with Gasteiger partial charge in [0.25, 0.3) is 0 Å². The van der Waals surface area contributed by atoms with E-state index in [-0.39, 0.29) is 32.6 Å². The summed E-state index contributed by atoms with van der Waals surface area (Å²) >= 11 is 0. The van der Waals surface area contributed by atoms with Crippen LogP contribution in [0.2, 0.25) is 0 Å². The Bertz CT molecular complexity index is 1240. The Labute approximate surface area is 360 Å². The van der Waals surface area contributed by atoms with Gasteiger partial charge in [0.2, 0.25) is 0 Å². The smallest absolute Gasteiger partial charge is 0.462 e. The van der Waals surface area contributed by atoms with Crippen molar-refractivity contribution in [1.29, 1.82) is 0 Å². The highest BCUT2D eigenvalue weighted by Gasteiger charge is 2.26. The van der Waals surface area contributed by atoms with E-state index in [4.69, 9.17) is 24.3 Å². The van der Waals surface area contributed by atoms with Crippen molar-refractivity contribution in [2.75, 3.05) is 26.4 Å². The molecular weight excluding hydrogens is 762 g/mol. The van der Waals surface area contributed by atoms with Gasteiger partial charge in [-0.05, 0) is 89.9 Å². The van der Waals surface area contributed by atoms with Gasteiger partial charge in [0.1, 0.15) is 6.61 Å². The molecule has 0 bridgehead atoms. The van der Waals surface area contributed by atoms with E-state index in [2.05, 4.69) is 98.9 Å². The van der Waals surface area contributed by atoms with E-state index < -0.39 is 32.5 Å². The minimum absolute atomic E-state index is 0.0453. The van der Waals surface area contributed by atoms with Gasteiger partial charge in [0.15, 0.2) is 6.10 Å². The second-order valence-corrected chi connectivity index (χ2v) is 16.3. The van der Waals surface area contributed by atoms with Gasteiger partial charge in [0, 0.05) is 19.4 Å². The first-order valence-electron chi connectivity index (χ1n) is 23.1. The topological polar surface area (TPSA) is 134 Å². The molecule has 0 fully saturated rings. The largest absolute Gasteiger partial charge is 0.472 e. The van der Waals surface area contributed by atoms with Crippen LogP contribution in [0.3, 0.4) is 0 Å². The summed E-state index contributed by atoms with van der Waals surface area (Å²) in [6, 6.07) is 0. The van der Waals surface area contributed by atoms with E-state index in [1.165, 1.54) is 32.1 Å². The van der Waals surface area contributed by atoms with Crippen molar-refractivity contribution in [3.8, 4) is 0 Å². The number of carbonyl (C=O) groups is 2. The quantitative estimate of drug-likeness (QED) is 0.0266. The minimum atomic E-state index is -4.39. The molecule has 59 heavy (non-hydrogen) atoms. The third-order valence-corrected chi connectivity index (χ3v) is 10.2. The highest BCUT2D eigenvalue weighted by molar-refractivity contribution is 7.47. The fraction of sp³-hybridized carbons (Fsp3) is 0.673. The molecule has 10 heteroatoms. The van der Waals surface area contributed by atoms with E-state index >= 15 is 0 Å². The lowest BCUT2D eigenvalue weighted by molar-refractivity contribution is -0.161. The number of unbranched alkanes of at least 4 members (excludes halogenated alkanes) is 15. The Kier molecular flexibility index (Phi) is 42.6. The fourth-order valence-electron chi connectivity index (χ4n) is 5.87. The second-order valence-electron chi connectivity index (χ2n) is 14.9. The van der Waals surface area contributed by atoms with E-state index in [1.54, 1.807) is 0 Å². The average Bonchev–Trinajstić information content (AvgIpc) is 3.22. The van der Waals surface area contributed by atoms with Crippen LogP contribution in [0.4, 0.5) is 0 Å². The second kappa shape index (κ2) is 44.7. The number of nitrogens with two attached hydrogens (primary N) is 1. The lowest BCUT2D eigenvalue weighted by atomic mass is 10.1. The van der Waals surface area contributed by atoms with Crippen LogP contribution in [0.5, 0.6) is 0 Å². The molecule has 9 nitrogen and oxygen atoms in total. The van der Waals surface area contributed by atoms with Gasteiger partial charge in [-0.25, -0.2) is 4.57 Å². The highest BCUT2D eigenvalue weighted by atomic mass is 31.2. The molecule has 0 rings (SSSR count). The third kappa shape index (κ3) is 44.6. The third-order valence-electron chi connectivity index (χ3n) is 9.27. The van der Waals surface area contributed by atoms with Gasteiger partial charge in [-0.2, -0.15) is 0 Å². The van der Waals surface area contributed by atoms with Crippen molar-refractivity contribution in [3.63, 3.8) is 0 Å². The molecule has 0 heterocycles. The summed E-state index contributed by atoms with van der Waals surface area (Å²) in [5.41, 5.74) is 5.35. The van der Waals surface area contributed by atoms with Crippen molar-refractivity contribution >= 4 is 19.8 Å². The van der Waals surface area contributed by atoms with Crippen LogP contribution in [-0.4, -0.2) is 49.3 Å². The molecule has 0 aromatic carbocycles. The number of ether oxygens (including phenoxy) is 2. The number of phosphoric ester groups is 1. The maximum absolute atomic E-state index is 12.6. The molecule has 0 saturated carbocycles. The summed E-state index contributed by atoms with van der Waals surface area (Å²) < 4.78 is 32.8. The van der Waals surface area contributed by atoms with Crippen molar-refractivity contribution < 1.29 is 37.6 Å². The standard InChI is InChI=1S/C49H84NO8P/c1-3-5-7-9-11-13-15-17-18-19-20-21-22-23-24-25-26-27-28-30-32-34-36-38-40-42-49(52)58-47(46-57-59(53,54)56-44-43-50)45-55-48(51)41-39-37-35-33-31-29-16-14-12-10-8-6-4-2/h5,7,11,13-14,16-18,20-21,23-24,26-27,47H,3-4,6,8-10,12,15,19,22,25,28-46,50H2,1-2H3,(H,53,54)/b7-5-,13-11-,16-14-,18-17-,21-20-,24-23-,27-26-. The van der Waals surface area contributed by atoms with E-state index in [1.807, 2.05) is 0 Å². The predicted octanol–water partition coefficient (Wildman–Crippen LogP) is 13.6. The van der Waals surface area contributed by atoms with E-state index in [9.17, 15) is 19.0 Å². The molecule has 2 atom stereocenters. The normalized spacial score (nSPS) is 14.0. The van der Waals surface area contributed by atoms with Gasteiger partial charge in [-0.15, -0.1) is 0 Å². The van der Waals surface area contributed by atoms with Crippen molar-refractivity contribution in [3.05, 3.63) is 85.1 Å². The number of carbonyl (C=O) groups excluding carboxylic acids is 2. The Morgan fingerprint density at radius 3 is 1.41 bits per heavy atom. The molecule has 0 aliphatic heterocycles. The number of allylic oxidation sites excluding steroid dienone is 14. The first kappa shape index (κ1) is 56.2. The molecule has 0 amide bonds. The first-order valence-corrected chi connectivity index (χ1v) is 24.6. The number of rotatable bonds is 42. The monoisotopic (exact) mass is 846 g/mol. The molecule has 0 aromatic rings. The number of esters is 2. The SMILES string of the molecule is CC/C=C\C/C=C\C/C=C\C/C=C\C/C=C\C/C=C\CCCCCCCCC(=O)OC(COC(=O)CCCCCCC/C=C\CCCCCC)COP(=O)(O)OCCN. The lowest BCUT2D eigenvalue weighted by Crippen LogP contribution is -2.29. The molecular formula is C49H84NO8P. The molecule has 3 N–H and O–H groups in total. The van der Waals surface area contributed by atoms with Crippen LogP contribution in [0.25, 0.3) is 0 Å². The highest BCUT2D eigenvalue weighted by Crippen LogP contribution is 2.43. The average molecular weight is 846 g/mol.